The molecule has 3 aromatic rings. The maximum Gasteiger partial charge on any atom is 0.254 e. The molecule has 2 aliphatic heterocycles. The number of imidazole rings is 1. The maximum atomic E-state index is 13.6. The lowest BCUT2D eigenvalue weighted by Crippen LogP contribution is -2.46. The third kappa shape index (κ3) is 4.22. The highest BCUT2D eigenvalue weighted by Crippen LogP contribution is 2.45. The number of rotatable bonds is 5. The van der Waals surface area contributed by atoms with E-state index in [4.69, 9.17) is 0 Å². The Morgan fingerprint density at radius 1 is 1.15 bits per heavy atom. The molecule has 2 aliphatic rings. The normalized spacial score (nSPS) is 19.7. The van der Waals surface area contributed by atoms with E-state index >= 15 is 0 Å². The van der Waals surface area contributed by atoms with E-state index < -0.39 is 5.41 Å². The minimum absolute atomic E-state index is 0.0145. The van der Waals surface area contributed by atoms with Crippen LogP contribution < -0.4 is 0 Å². The lowest BCUT2D eigenvalue weighted by atomic mass is 9.75. The highest BCUT2D eigenvalue weighted by molar-refractivity contribution is 5.96. The highest BCUT2D eigenvalue weighted by Gasteiger charge is 2.51. The summed E-state index contributed by atoms with van der Waals surface area (Å²) >= 11 is 0. The number of amides is 2. The highest BCUT2D eigenvalue weighted by atomic mass is 19.1. The second kappa shape index (κ2) is 9.05. The van der Waals surface area contributed by atoms with Crippen molar-refractivity contribution in [3.63, 3.8) is 0 Å². The number of hydrogen-bond donors (Lipinski definition) is 0. The molecule has 6 nitrogen and oxygen atoms in total. The maximum absolute atomic E-state index is 13.6. The lowest BCUT2D eigenvalue weighted by molar-refractivity contribution is -0.137. The van der Waals surface area contributed by atoms with Crippen LogP contribution in [0.2, 0.25) is 0 Å². The van der Waals surface area contributed by atoms with Crippen LogP contribution in [-0.4, -0.2) is 57.3 Å². The van der Waals surface area contributed by atoms with Crippen molar-refractivity contribution in [1.82, 2.24) is 19.4 Å². The molecule has 2 saturated heterocycles. The first-order chi connectivity index (χ1) is 16.4. The average Bonchev–Trinajstić information content (AvgIpc) is 3.43. The van der Waals surface area contributed by atoms with Gasteiger partial charge in [0.1, 0.15) is 5.82 Å². The quantitative estimate of drug-likeness (QED) is 0.583. The summed E-state index contributed by atoms with van der Waals surface area (Å²) in [5, 5.41) is 0. The molecule has 7 heteroatoms. The molecular weight excluding hydrogens is 431 g/mol. The van der Waals surface area contributed by atoms with E-state index in [2.05, 4.69) is 4.98 Å². The van der Waals surface area contributed by atoms with Crippen LogP contribution in [0.3, 0.4) is 0 Å². The van der Waals surface area contributed by atoms with Gasteiger partial charge in [0.15, 0.2) is 0 Å². The van der Waals surface area contributed by atoms with Crippen molar-refractivity contribution in [1.29, 1.82) is 0 Å². The molecule has 0 saturated carbocycles. The van der Waals surface area contributed by atoms with E-state index in [0.717, 1.165) is 17.5 Å². The first kappa shape index (κ1) is 22.3. The summed E-state index contributed by atoms with van der Waals surface area (Å²) in [5.41, 5.74) is 2.13. The van der Waals surface area contributed by atoms with Gasteiger partial charge in [-0.2, -0.15) is 0 Å². The molecule has 0 aliphatic carbocycles. The molecule has 1 atom stereocenters. The fourth-order valence-corrected chi connectivity index (χ4v) is 5.53. The van der Waals surface area contributed by atoms with Crippen LogP contribution in [-0.2, 0) is 17.8 Å². The van der Waals surface area contributed by atoms with E-state index in [1.807, 2.05) is 57.9 Å². The minimum Gasteiger partial charge on any atom is -0.342 e. The molecule has 2 amide bonds. The first-order valence-electron chi connectivity index (χ1n) is 11.8. The van der Waals surface area contributed by atoms with Crippen LogP contribution in [0.5, 0.6) is 0 Å². The Hall–Kier alpha value is -3.48. The Balaban J connectivity index is 1.26. The summed E-state index contributed by atoms with van der Waals surface area (Å²) in [7, 11) is 1.85. The van der Waals surface area contributed by atoms with E-state index in [1.165, 1.54) is 6.07 Å². The molecule has 3 heterocycles. The average molecular weight is 461 g/mol. The van der Waals surface area contributed by atoms with Crippen molar-refractivity contribution in [2.75, 3.05) is 20.1 Å². The van der Waals surface area contributed by atoms with Gasteiger partial charge in [0, 0.05) is 50.7 Å². The lowest BCUT2D eigenvalue weighted by Gasteiger charge is -2.38. The Morgan fingerprint density at radius 2 is 1.94 bits per heavy atom. The molecule has 0 N–H and O–H groups in total. The van der Waals surface area contributed by atoms with Gasteiger partial charge < -0.3 is 14.4 Å². The van der Waals surface area contributed by atoms with Crippen LogP contribution in [0.15, 0.2) is 67.3 Å². The largest absolute Gasteiger partial charge is 0.342 e. The first-order valence-corrected chi connectivity index (χ1v) is 11.8. The molecule has 0 radical (unpaired) electrons. The topological polar surface area (TPSA) is 58.4 Å². The van der Waals surface area contributed by atoms with Gasteiger partial charge in [-0.3, -0.25) is 9.59 Å². The van der Waals surface area contributed by atoms with Crippen molar-refractivity contribution in [3.05, 3.63) is 89.8 Å². The molecular formula is C27H29FN4O2. The number of likely N-dealkylation sites (N-methyl/N-ethyl adjacent to an activating group) is 1. The van der Waals surface area contributed by atoms with E-state index in [9.17, 15) is 14.0 Å². The third-order valence-corrected chi connectivity index (χ3v) is 7.48. The zero-order valence-electron chi connectivity index (χ0n) is 19.4. The van der Waals surface area contributed by atoms with E-state index in [-0.39, 0.29) is 23.7 Å². The molecule has 2 aromatic carbocycles. The number of benzene rings is 2. The number of likely N-dealkylation sites (tertiary alicyclic amines) is 2. The summed E-state index contributed by atoms with van der Waals surface area (Å²) < 4.78 is 15.6. The van der Waals surface area contributed by atoms with Gasteiger partial charge in [0.2, 0.25) is 5.91 Å². The standard InChI is InChI=1S/C27H29FN4O2/c1-30-23(16-20-5-4-7-22(28)15-20)17-27(26(30)34)9-12-32(13-10-27)25(33)24-8-3-2-6-21(24)18-31-14-11-29-19-31/h2-8,11,14-15,19,23H,9-10,12-13,16-18H2,1H3/t23-/m0/s1. The van der Waals surface area contributed by atoms with Crippen molar-refractivity contribution in [2.24, 2.45) is 5.41 Å². The van der Waals surface area contributed by atoms with Gasteiger partial charge in [0.25, 0.3) is 5.91 Å². The van der Waals surface area contributed by atoms with Crippen molar-refractivity contribution in [3.8, 4) is 0 Å². The number of carbonyl (C=O) groups is 2. The van der Waals surface area contributed by atoms with Crippen LogP contribution in [0.4, 0.5) is 4.39 Å². The van der Waals surface area contributed by atoms with Gasteiger partial charge in [0.05, 0.1) is 11.7 Å². The van der Waals surface area contributed by atoms with Crippen LogP contribution >= 0.6 is 0 Å². The molecule has 34 heavy (non-hydrogen) atoms. The summed E-state index contributed by atoms with van der Waals surface area (Å²) in [4.78, 5) is 34.5. The second-order valence-corrected chi connectivity index (χ2v) is 9.57. The fourth-order valence-electron chi connectivity index (χ4n) is 5.53. The number of hydrogen-bond acceptors (Lipinski definition) is 3. The monoisotopic (exact) mass is 460 g/mol. The van der Waals surface area contributed by atoms with Crippen molar-refractivity contribution >= 4 is 11.8 Å². The number of piperidine rings is 1. The zero-order chi connectivity index (χ0) is 23.7. The smallest absolute Gasteiger partial charge is 0.254 e. The fraction of sp³-hybridized carbons (Fsp3) is 0.370. The molecule has 5 rings (SSSR count). The molecule has 176 valence electrons. The Morgan fingerprint density at radius 3 is 2.68 bits per heavy atom. The second-order valence-electron chi connectivity index (χ2n) is 9.57. The molecule has 1 aromatic heterocycles. The number of nitrogens with zero attached hydrogens (tertiary/aromatic N) is 4. The van der Waals surface area contributed by atoms with Crippen LogP contribution in [0.25, 0.3) is 0 Å². The van der Waals surface area contributed by atoms with Gasteiger partial charge in [-0.1, -0.05) is 30.3 Å². The zero-order valence-corrected chi connectivity index (χ0v) is 19.4. The molecule has 0 bridgehead atoms. The molecule has 0 unspecified atom stereocenters. The Kier molecular flexibility index (Phi) is 5.94. The number of aromatic nitrogens is 2. The SMILES string of the molecule is CN1C(=O)C2(CCN(C(=O)c3ccccc3Cn3ccnc3)CC2)C[C@@H]1Cc1cccc(F)c1. The predicted molar refractivity (Wildman–Crippen MR) is 127 cm³/mol. The van der Waals surface area contributed by atoms with Crippen molar-refractivity contribution in [2.45, 2.75) is 38.3 Å². The van der Waals surface area contributed by atoms with Gasteiger partial charge in [-0.15, -0.1) is 0 Å². The summed E-state index contributed by atoms with van der Waals surface area (Å²) in [6.45, 7) is 1.71. The molecule has 1 spiro atoms. The summed E-state index contributed by atoms with van der Waals surface area (Å²) in [6.07, 6.45) is 8.06. The summed E-state index contributed by atoms with van der Waals surface area (Å²) in [6, 6.07) is 14.4. The summed E-state index contributed by atoms with van der Waals surface area (Å²) in [5.74, 6) is -0.0819. The Labute approximate surface area is 199 Å². The van der Waals surface area contributed by atoms with E-state index in [0.29, 0.717) is 44.5 Å². The predicted octanol–water partition coefficient (Wildman–Crippen LogP) is 3.77. The molecule has 2 fully saturated rings. The minimum atomic E-state index is -0.431. The van der Waals surface area contributed by atoms with Crippen LogP contribution in [0, 0.1) is 11.2 Å². The van der Waals surface area contributed by atoms with E-state index in [1.54, 1.807) is 24.7 Å². The third-order valence-electron chi connectivity index (χ3n) is 7.48. The van der Waals surface area contributed by atoms with Crippen LogP contribution in [0.1, 0.15) is 40.7 Å². The van der Waals surface area contributed by atoms with Crippen molar-refractivity contribution < 1.29 is 14.0 Å². The number of carbonyl (C=O) groups excluding carboxylic acids is 2. The number of halogens is 1. The van der Waals surface area contributed by atoms with Gasteiger partial charge >= 0.3 is 0 Å². The Bertz CT molecular complexity index is 1180. The van der Waals surface area contributed by atoms with Gasteiger partial charge in [-0.25, -0.2) is 9.37 Å². The van der Waals surface area contributed by atoms with Gasteiger partial charge in [-0.05, 0) is 55.0 Å².